The first-order valence-electron chi connectivity index (χ1n) is 5.06. The second-order valence-electron chi connectivity index (χ2n) is 3.60. The van der Waals surface area contributed by atoms with Crippen LogP contribution in [0.15, 0.2) is 0 Å². The third kappa shape index (κ3) is 2.47. The number of amides is 1. The predicted molar refractivity (Wildman–Crippen MR) is 52.0 cm³/mol. The van der Waals surface area contributed by atoms with Crippen LogP contribution in [0.5, 0.6) is 0 Å². The summed E-state index contributed by atoms with van der Waals surface area (Å²) >= 11 is 0. The van der Waals surface area contributed by atoms with E-state index in [-0.39, 0.29) is 17.7 Å². The summed E-state index contributed by atoms with van der Waals surface area (Å²) in [5.74, 6) is 0.239. The second-order valence-corrected chi connectivity index (χ2v) is 3.60. The van der Waals surface area contributed by atoms with Crippen molar-refractivity contribution in [1.82, 2.24) is 5.32 Å². The van der Waals surface area contributed by atoms with Crippen LogP contribution in [0, 0.1) is 5.92 Å². The molecule has 4 nitrogen and oxygen atoms in total. The molecular weight excluding hydrogens is 182 g/mol. The lowest BCUT2D eigenvalue weighted by molar-refractivity contribution is -0.122. The van der Waals surface area contributed by atoms with Crippen molar-refractivity contribution in [1.29, 1.82) is 0 Å². The van der Waals surface area contributed by atoms with E-state index in [1.165, 1.54) is 7.11 Å². The minimum Gasteiger partial charge on any atom is -0.453 e. The van der Waals surface area contributed by atoms with Gasteiger partial charge >= 0.3 is 6.09 Å². The third-order valence-electron chi connectivity index (χ3n) is 2.77. The molecule has 0 radical (unpaired) electrons. The molecule has 1 aliphatic carbocycles. The number of nitrogens with one attached hydrogen (secondary N) is 1. The summed E-state index contributed by atoms with van der Waals surface area (Å²) in [5, 5.41) is 2.71. The fourth-order valence-electron chi connectivity index (χ4n) is 1.99. The first kappa shape index (κ1) is 11.0. The second kappa shape index (κ2) is 4.98. The van der Waals surface area contributed by atoms with Gasteiger partial charge in [0, 0.05) is 18.4 Å². The first-order chi connectivity index (χ1) is 6.69. The van der Waals surface area contributed by atoms with E-state index >= 15 is 0 Å². The van der Waals surface area contributed by atoms with E-state index in [4.69, 9.17) is 0 Å². The van der Waals surface area contributed by atoms with Crippen LogP contribution in [-0.4, -0.2) is 25.0 Å². The Morgan fingerprint density at radius 1 is 1.43 bits per heavy atom. The molecule has 0 bridgehead atoms. The van der Waals surface area contributed by atoms with Gasteiger partial charge in [0.25, 0.3) is 0 Å². The van der Waals surface area contributed by atoms with Crippen LogP contribution in [-0.2, 0) is 9.53 Å². The molecule has 0 spiro atoms. The smallest absolute Gasteiger partial charge is 0.407 e. The third-order valence-corrected chi connectivity index (χ3v) is 2.77. The van der Waals surface area contributed by atoms with Gasteiger partial charge in [-0.1, -0.05) is 13.3 Å². The van der Waals surface area contributed by atoms with Crippen LogP contribution < -0.4 is 5.32 Å². The molecule has 1 saturated carbocycles. The van der Waals surface area contributed by atoms with Gasteiger partial charge in [0.05, 0.1) is 7.11 Å². The number of methoxy groups -OCH3 is 1. The van der Waals surface area contributed by atoms with E-state index in [1.807, 2.05) is 6.92 Å². The minimum absolute atomic E-state index is 0.000833. The van der Waals surface area contributed by atoms with Gasteiger partial charge in [-0.15, -0.1) is 0 Å². The minimum atomic E-state index is -0.439. The van der Waals surface area contributed by atoms with Crippen molar-refractivity contribution in [2.75, 3.05) is 7.11 Å². The first-order valence-corrected chi connectivity index (χ1v) is 5.06. The van der Waals surface area contributed by atoms with Crippen LogP contribution in [0.25, 0.3) is 0 Å². The summed E-state index contributed by atoms with van der Waals surface area (Å²) < 4.78 is 4.51. The van der Waals surface area contributed by atoms with Crippen LogP contribution >= 0.6 is 0 Å². The van der Waals surface area contributed by atoms with Crippen LogP contribution in [0.4, 0.5) is 4.79 Å². The lowest BCUT2D eigenvalue weighted by Gasteiger charge is -2.18. The molecule has 14 heavy (non-hydrogen) atoms. The van der Waals surface area contributed by atoms with Gasteiger partial charge in [-0.3, -0.25) is 4.79 Å². The number of carbonyl (C=O) groups is 2. The van der Waals surface area contributed by atoms with Gasteiger partial charge < -0.3 is 10.1 Å². The zero-order valence-electron chi connectivity index (χ0n) is 8.71. The van der Waals surface area contributed by atoms with Crippen molar-refractivity contribution in [3.8, 4) is 0 Å². The predicted octanol–water partition coefficient (Wildman–Crippen LogP) is 1.49. The topological polar surface area (TPSA) is 55.4 Å². The van der Waals surface area contributed by atoms with E-state index in [9.17, 15) is 9.59 Å². The van der Waals surface area contributed by atoms with Crippen LogP contribution in [0.1, 0.15) is 32.6 Å². The standard InChI is InChI=1S/C10H17NO3/c1-3-9(12)7-5-4-6-8(7)11-10(13)14-2/h7-8H,3-6H2,1-2H3,(H,11,13)/t7-,8-/m1/s1. The van der Waals surface area contributed by atoms with Gasteiger partial charge in [0.2, 0.25) is 0 Å². The highest BCUT2D eigenvalue weighted by atomic mass is 16.5. The van der Waals surface area contributed by atoms with E-state index < -0.39 is 6.09 Å². The largest absolute Gasteiger partial charge is 0.453 e. The molecule has 0 aromatic rings. The van der Waals surface area contributed by atoms with Crippen molar-refractivity contribution in [3.63, 3.8) is 0 Å². The SMILES string of the molecule is CCC(=O)[C@@H]1CCC[C@H]1NC(=O)OC. The van der Waals surface area contributed by atoms with Gasteiger partial charge in [-0.2, -0.15) is 0 Å². The average Bonchev–Trinajstić information content (AvgIpc) is 2.64. The molecule has 4 heteroatoms. The highest BCUT2D eigenvalue weighted by Crippen LogP contribution is 2.27. The average molecular weight is 199 g/mol. The normalized spacial score (nSPS) is 25.9. The van der Waals surface area contributed by atoms with Crippen molar-refractivity contribution >= 4 is 11.9 Å². The van der Waals surface area contributed by atoms with Crippen LogP contribution in [0.3, 0.4) is 0 Å². The van der Waals surface area contributed by atoms with Crippen molar-refractivity contribution in [2.24, 2.45) is 5.92 Å². The molecule has 0 aromatic carbocycles. The number of Topliss-reactive ketones (excluding diaryl/α,β-unsaturated/α-hetero) is 1. The Balaban J connectivity index is 2.51. The van der Waals surface area contributed by atoms with Gasteiger partial charge in [0.15, 0.2) is 0 Å². The summed E-state index contributed by atoms with van der Waals surface area (Å²) in [6.45, 7) is 1.86. The highest BCUT2D eigenvalue weighted by Gasteiger charge is 2.32. The molecule has 0 heterocycles. The maximum atomic E-state index is 11.5. The Hall–Kier alpha value is -1.06. The fourth-order valence-corrected chi connectivity index (χ4v) is 1.99. The Kier molecular flexibility index (Phi) is 3.92. The zero-order chi connectivity index (χ0) is 10.6. The lowest BCUT2D eigenvalue weighted by Crippen LogP contribution is -2.39. The van der Waals surface area contributed by atoms with E-state index in [1.54, 1.807) is 0 Å². The monoisotopic (exact) mass is 199 g/mol. The maximum Gasteiger partial charge on any atom is 0.407 e. The number of alkyl carbamates (subject to hydrolysis) is 1. The number of ketones is 1. The van der Waals surface area contributed by atoms with Crippen LogP contribution in [0.2, 0.25) is 0 Å². The van der Waals surface area contributed by atoms with Gasteiger partial charge in [-0.25, -0.2) is 4.79 Å². The number of hydrogen-bond acceptors (Lipinski definition) is 3. The zero-order valence-corrected chi connectivity index (χ0v) is 8.71. The number of ether oxygens (including phenoxy) is 1. The summed E-state index contributed by atoms with van der Waals surface area (Å²) in [4.78, 5) is 22.5. The molecule has 2 atom stereocenters. The maximum absolute atomic E-state index is 11.5. The molecule has 0 aliphatic heterocycles. The number of hydrogen-bond donors (Lipinski definition) is 1. The highest BCUT2D eigenvalue weighted by molar-refractivity contribution is 5.82. The lowest BCUT2D eigenvalue weighted by atomic mass is 9.97. The Morgan fingerprint density at radius 2 is 2.14 bits per heavy atom. The molecular formula is C10H17NO3. The van der Waals surface area contributed by atoms with E-state index in [2.05, 4.69) is 10.1 Å². The molecule has 1 amide bonds. The quantitative estimate of drug-likeness (QED) is 0.749. The van der Waals surface area contributed by atoms with Gasteiger partial charge in [0.1, 0.15) is 5.78 Å². The molecule has 0 aromatic heterocycles. The van der Waals surface area contributed by atoms with Crippen molar-refractivity contribution in [3.05, 3.63) is 0 Å². The van der Waals surface area contributed by atoms with Gasteiger partial charge in [-0.05, 0) is 12.8 Å². The molecule has 1 rings (SSSR count). The summed E-state index contributed by atoms with van der Waals surface area (Å²) in [6, 6.07) is -0.0186. The van der Waals surface area contributed by atoms with Crippen molar-refractivity contribution in [2.45, 2.75) is 38.6 Å². The number of carbonyl (C=O) groups excluding carboxylic acids is 2. The summed E-state index contributed by atoms with van der Waals surface area (Å²) in [7, 11) is 1.33. The molecule has 1 fully saturated rings. The van der Waals surface area contributed by atoms with E-state index in [0.29, 0.717) is 6.42 Å². The van der Waals surface area contributed by atoms with Crippen molar-refractivity contribution < 1.29 is 14.3 Å². The molecule has 0 unspecified atom stereocenters. The molecule has 0 saturated heterocycles. The Morgan fingerprint density at radius 3 is 2.71 bits per heavy atom. The summed E-state index contributed by atoms with van der Waals surface area (Å²) in [6.07, 6.45) is 2.88. The fraction of sp³-hybridized carbons (Fsp3) is 0.800. The number of rotatable bonds is 3. The molecule has 1 N–H and O–H groups in total. The summed E-state index contributed by atoms with van der Waals surface area (Å²) in [5.41, 5.74) is 0. The van der Waals surface area contributed by atoms with E-state index in [0.717, 1.165) is 19.3 Å². The Labute approximate surface area is 84.0 Å². The molecule has 80 valence electrons. The Bertz CT molecular complexity index is 227. The molecule has 1 aliphatic rings.